The van der Waals surface area contributed by atoms with Gasteiger partial charge in [0, 0.05) is 92.3 Å². The first-order chi connectivity index (χ1) is 31.0. The number of nitrogens with zero attached hydrogens (tertiary/aromatic N) is 7. The number of hydrazine groups is 1. The molecule has 2 N–H and O–H groups in total. The average Bonchev–Trinajstić information content (AvgIpc) is 3.88. The lowest BCUT2D eigenvalue weighted by Gasteiger charge is -2.39. The van der Waals surface area contributed by atoms with E-state index in [2.05, 4.69) is 65.2 Å². The summed E-state index contributed by atoms with van der Waals surface area (Å²) in [5, 5.41) is 8.27. The van der Waals surface area contributed by atoms with E-state index in [9.17, 15) is 19.2 Å². The summed E-state index contributed by atoms with van der Waals surface area (Å²) in [6, 6.07) is 7.65. The van der Waals surface area contributed by atoms with Crippen LogP contribution in [0, 0.1) is 17.3 Å². The summed E-state index contributed by atoms with van der Waals surface area (Å²) in [7, 11) is 7.46. The number of esters is 1. The van der Waals surface area contributed by atoms with Gasteiger partial charge in [0.25, 0.3) is 5.91 Å². The molecule has 6 heterocycles. The van der Waals surface area contributed by atoms with Crippen LogP contribution in [-0.4, -0.2) is 137 Å². The normalized spacial score (nSPS) is 21.6. The molecule has 352 valence electrons. The lowest BCUT2D eigenvalue weighted by atomic mass is 9.84. The minimum Gasteiger partial charge on any atom is -0.464 e. The van der Waals surface area contributed by atoms with Gasteiger partial charge < -0.3 is 34.1 Å². The van der Waals surface area contributed by atoms with E-state index in [4.69, 9.17) is 19.4 Å². The van der Waals surface area contributed by atoms with Crippen LogP contribution >= 0.6 is 11.3 Å². The molecule has 0 spiro atoms. The molecule has 65 heavy (non-hydrogen) atoms. The second kappa shape index (κ2) is 20.3. The molecule has 0 unspecified atom stereocenters. The summed E-state index contributed by atoms with van der Waals surface area (Å²) >= 11 is 1.44. The van der Waals surface area contributed by atoms with Crippen LogP contribution in [0.3, 0.4) is 0 Å². The van der Waals surface area contributed by atoms with Crippen molar-refractivity contribution in [2.45, 2.75) is 111 Å². The van der Waals surface area contributed by atoms with Gasteiger partial charge in [-0.3, -0.25) is 24.4 Å². The number of likely N-dealkylation sites (N-methyl/N-ethyl adjacent to an activating group) is 1. The number of rotatable bonds is 10. The number of nitrogens with one attached hydrogen (secondary N) is 2. The monoisotopic (exact) mass is 912 g/mol. The number of amides is 4. The Hall–Kier alpha value is -4.90. The van der Waals surface area contributed by atoms with Crippen molar-refractivity contribution in [1.82, 2.24) is 45.0 Å². The molecular weight excluding hydrogens is 843 g/mol. The lowest BCUT2D eigenvalue weighted by molar-refractivity contribution is -0.155. The quantitative estimate of drug-likeness (QED) is 0.168. The fourth-order valence-electron chi connectivity index (χ4n) is 9.99. The molecule has 15 nitrogen and oxygen atoms in total. The molecule has 1 aromatic carbocycles. The maximum Gasteiger partial charge on any atom is 0.324 e. The number of aryl methyl sites for hydroxylation is 1. The number of carbonyl (C=O) groups excluding carboxylic acids is 4. The van der Waals surface area contributed by atoms with Gasteiger partial charge in [0.2, 0.25) is 5.91 Å². The summed E-state index contributed by atoms with van der Waals surface area (Å²) < 4.78 is 14.3. The standard InChI is InChI=1S/C49H69N9O6S/c1-11-57-40-19-18-33-23-35(40)36(44(57)34-16-12-20-50-42(34)31(4)63-10)25-49(5,6)29-64-47(61)37-17-14-22-58(53-37)46(60)38(24-41-51-39(33)28-65-41)52-45(59)43(30(2)3)55(9)48(62)56-21-13-15-32(27-56)26-54(7)8/h12,16,18-20,23,28,30-32,37-38,43,53H,11,13-15,17,21-22,24-27,29H2,1-10H3,(H,52,59)/t31-,32+,37-,38-,43-/m0/s1. The Balaban J connectivity index is 1.26. The van der Waals surface area contributed by atoms with E-state index in [1.54, 1.807) is 20.4 Å². The number of pyridine rings is 1. The third-order valence-electron chi connectivity index (χ3n) is 13.2. The minimum atomic E-state index is -1.04. The zero-order valence-electron chi connectivity index (χ0n) is 40.0. The van der Waals surface area contributed by atoms with Crippen LogP contribution in [0.25, 0.3) is 33.4 Å². The second-order valence-corrected chi connectivity index (χ2v) is 20.5. The van der Waals surface area contributed by atoms with Crippen molar-refractivity contribution in [3.63, 3.8) is 0 Å². The highest BCUT2D eigenvalue weighted by molar-refractivity contribution is 7.10. The maximum absolute atomic E-state index is 14.7. The molecule has 2 fully saturated rings. The average molecular weight is 912 g/mol. The van der Waals surface area contributed by atoms with Crippen molar-refractivity contribution in [3.8, 4) is 22.5 Å². The van der Waals surface area contributed by atoms with Gasteiger partial charge in [0.15, 0.2) is 0 Å². The van der Waals surface area contributed by atoms with Crippen LogP contribution < -0.4 is 10.7 Å². The number of ether oxygens (including phenoxy) is 2. The molecular formula is C49H69N9O6S. The number of methoxy groups -OCH3 is 1. The maximum atomic E-state index is 14.7. The molecule has 0 saturated carbocycles. The smallest absolute Gasteiger partial charge is 0.324 e. The number of carbonyl (C=O) groups is 4. The Morgan fingerprint density at radius 1 is 1.09 bits per heavy atom. The Morgan fingerprint density at radius 2 is 1.86 bits per heavy atom. The summed E-state index contributed by atoms with van der Waals surface area (Å²) in [5.74, 6) is -1.14. The first-order valence-electron chi connectivity index (χ1n) is 23.3. The first kappa shape index (κ1) is 48.0. The Bertz CT molecular complexity index is 2360. The zero-order valence-corrected chi connectivity index (χ0v) is 40.8. The van der Waals surface area contributed by atoms with Gasteiger partial charge in [-0.05, 0) is 102 Å². The van der Waals surface area contributed by atoms with Crippen molar-refractivity contribution >= 4 is 46.1 Å². The van der Waals surface area contributed by atoms with Gasteiger partial charge in [0.05, 0.1) is 34.8 Å². The van der Waals surface area contributed by atoms with Crippen LogP contribution in [-0.2, 0) is 43.2 Å². The van der Waals surface area contributed by atoms with Gasteiger partial charge >= 0.3 is 12.0 Å². The van der Waals surface area contributed by atoms with E-state index in [1.807, 2.05) is 51.2 Å². The van der Waals surface area contributed by atoms with Crippen molar-refractivity contribution in [1.29, 1.82) is 0 Å². The number of piperidine rings is 1. The van der Waals surface area contributed by atoms with Crippen molar-refractivity contribution in [2.24, 2.45) is 17.3 Å². The molecule has 7 rings (SSSR count). The number of urea groups is 1. The first-order valence-corrected chi connectivity index (χ1v) is 24.2. The number of likely N-dealkylation sites (tertiary alicyclic amines) is 1. The lowest BCUT2D eigenvalue weighted by Crippen LogP contribution is -2.62. The second-order valence-electron chi connectivity index (χ2n) is 19.6. The van der Waals surface area contributed by atoms with Gasteiger partial charge in [-0.2, -0.15) is 0 Å². The predicted octanol–water partition coefficient (Wildman–Crippen LogP) is 6.55. The molecule has 16 heteroatoms. The van der Waals surface area contributed by atoms with Crippen molar-refractivity contribution < 1.29 is 28.7 Å². The van der Waals surface area contributed by atoms with E-state index >= 15 is 0 Å². The van der Waals surface area contributed by atoms with Crippen LogP contribution in [0.4, 0.5) is 4.79 Å². The van der Waals surface area contributed by atoms with Crippen LogP contribution in [0.1, 0.15) is 89.6 Å². The minimum absolute atomic E-state index is 0.114. The summed E-state index contributed by atoms with van der Waals surface area (Å²) in [6.45, 7) is 15.5. The molecule has 4 amide bonds. The van der Waals surface area contributed by atoms with Gasteiger partial charge in [-0.15, -0.1) is 11.3 Å². The third kappa shape index (κ3) is 10.6. The Labute approximate surface area is 388 Å². The number of hydrogen-bond acceptors (Lipinski definition) is 11. The molecule has 5 atom stereocenters. The summed E-state index contributed by atoms with van der Waals surface area (Å²) in [6.07, 6.45) is 5.26. The molecule has 3 aliphatic heterocycles. The largest absolute Gasteiger partial charge is 0.464 e. The fraction of sp³-hybridized carbons (Fsp3) is 0.592. The number of thiazole rings is 1. The zero-order chi connectivity index (χ0) is 46.7. The molecule has 3 aliphatic rings. The van der Waals surface area contributed by atoms with Crippen LogP contribution in [0.15, 0.2) is 41.9 Å². The van der Waals surface area contributed by atoms with Gasteiger partial charge in [-0.25, -0.2) is 15.2 Å². The van der Waals surface area contributed by atoms with Crippen molar-refractivity contribution in [3.05, 3.63) is 58.2 Å². The highest BCUT2D eigenvalue weighted by Gasteiger charge is 2.39. The number of fused-ring (bicyclic) bond motifs is 6. The number of cyclic esters (lactones) is 1. The molecule has 4 aromatic rings. The fourth-order valence-corrected chi connectivity index (χ4v) is 10.8. The topological polar surface area (TPSA) is 154 Å². The Kier molecular flexibility index (Phi) is 15.0. The molecule has 0 aliphatic carbocycles. The van der Waals surface area contributed by atoms with E-state index < -0.39 is 35.4 Å². The molecule has 6 bridgehead atoms. The van der Waals surface area contributed by atoms with E-state index in [-0.39, 0.29) is 37.0 Å². The number of hydrogen-bond donors (Lipinski definition) is 2. The highest BCUT2D eigenvalue weighted by Crippen LogP contribution is 2.42. The van der Waals surface area contributed by atoms with Crippen molar-refractivity contribution in [2.75, 3.05) is 61.0 Å². The Morgan fingerprint density at radius 3 is 2.58 bits per heavy atom. The number of aromatic nitrogens is 3. The molecule has 0 radical (unpaired) electrons. The predicted molar refractivity (Wildman–Crippen MR) is 254 cm³/mol. The van der Waals surface area contributed by atoms with Crippen LogP contribution in [0.5, 0.6) is 0 Å². The van der Waals surface area contributed by atoms with Crippen LogP contribution in [0.2, 0.25) is 0 Å². The van der Waals surface area contributed by atoms with Gasteiger partial charge in [-0.1, -0.05) is 33.8 Å². The van der Waals surface area contributed by atoms with E-state index in [0.717, 1.165) is 64.1 Å². The summed E-state index contributed by atoms with van der Waals surface area (Å²) in [4.78, 5) is 72.6. The van der Waals surface area contributed by atoms with E-state index in [0.29, 0.717) is 56.4 Å². The highest BCUT2D eigenvalue weighted by atomic mass is 32.1. The summed E-state index contributed by atoms with van der Waals surface area (Å²) in [5.41, 5.74) is 9.42. The SMILES string of the molecule is CCn1c(-c2cccnc2[C@H](C)OC)c2c3cc(ccc31)-c1csc(n1)C[C@H](NC(=O)[C@H](C(C)C)N(C)C(=O)N1CCC[C@H](CN(C)C)C1)C(=O)N1CCC[C@H](N1)C(=O)OCC(C)(C)C2. The third-order valence-corrected chi connectivity index (χ3v) is 14.1. The van der Waals surface area contributed by atoms with E-state index in [1.165, 1.54) is 21.2 Å². The van der Waals surface area contributed by atoms with Gasteiger partial charge in [0.1, 0.15) is 18.1 Å². The number of benzene rings is 1. The molecule has 2 saturated heterocycles. The molecule has 3 aromatic heterocycles.